The number of hydrogen-bond acceptors (Lipinski definition) is 4. The molecule has 18 heavy (non-hydrogen) atoms. The van der Waals surface area contributed by atoms with Crippen molar-refractivity contribution in [3.63, 3.8) is 0 Å². The molecule has 0 amide bonds. The lowest BCUT2D eigenvalue weighted by Crippen LogP contribution is -1.94. The predicted octanol–water partition coefficient (Wildman–Crippen LogP) is 2.75. The highest BCUT2D eigenvalue weighted by atomic mass is 16.6. The largest absolute Gasteiger partial charge is 0.481 e. The third-order valence-electron chi connectivity index (χ3n) is 2.58. The van der Waals surface area contributed by atoms with Crippen LogP contribution < -0.4 is 0 Å². The predicted molar refractivity (Wildman–Crippen MR) is 63.4 cm³/mol. The number of para-hydroxylation sites is 1. The first-order valence-corrected chi connectivity index (χ1v) is 5.45. The van der Waals surface area contributed by atoms with Crippen LogP contribution in [0.3, 0.4) is 0 Å². The molecule has 0 radical (unpaired) electrons. The molecule has 2 rings (SSSR count). The maximum absolute atomic E-state index is 10.8. The molecule has 6 heteroatoms. The van der Waals surface area contributed by atoms with Gasteiger partial charge in [-0.3, -0.25) is 14.9 Å². The van der Waals surface area contributed by atoms with E-state index in [4.69, 9.17) is 9.52 Å². The Balaban J connectivity index is 2.24. The van der Waals surface area contributed by atoms with Crippen molar-refractivity contribution >= 4 is 22.6 Å². The van der Waals surface area contributed by atoms with Crippen LogP contribution in [0.15, 0.2) is 28.7 Å². The zero-order valence-electron chi connectivity index (χ0n) is 9.46. The first kappa shape index (κ1) is 12.1. The Morgan fingerprint density at radius 2 is 2.22 bits per heavy atom. The molecule has 1 aromatic carbocycles. The van der Waals surface area contributed by atoms with E-state index in [0.29, 0.717) is 24.0 Å². The van der Waals surface area contributed by atoms with Gasteiger partial charge in [0.2, 0.25) is 5.58 Å². The fraction of sp³-hybridized carbons (Fsp3) is 0.250. The number of aryl methyl sites for hydroxylation is 1. The van der Waals surface area contributed by atoms with Gasteiger partial charge < -0.3 is 9.52 Å². The summed E-state index contributed by atoms with van der Waals surface area (Å²) in [5.74, 6) is -0.294. The van der Waals surface area contributed by atoms with Crippen LogP contribution >= 0.6 is 0 Å². The summed E-state index contributed by atoms with van der Waals surface area (Å²) >= 11 is 0. The monoisotopic (exact) mass is 249 g/mol. The number of aliphatic carboxylic acids is 1. The first-order valence-electron chi connectivity index (χ1n) is 5.45. The van der Waals surface area contributed by atoms with Crippen LogP contribution in [0.2, 0.25) is 0 Å². The Morgan fingerprint density at radius 3 is 2.89 bits per heavy atom. The Morgan fingerprint density at radius 1 is 1.44 bits per heavy atom. The summed E-state index contributed by atoms with van der Waals surface area (Å²) < 4.78 is 5.41. The number of rotatable bonds is 5. The number of nitrogens with zero attached hydrogens (tertiary/aromatic N) is 1. The second-order valence-electron chi connectivity index (χ2n) is 3.91. The van der Waals surface area contributed by atoms with Gasteiger partial charge in [-0.05, 0) is 12.5 Å². The van der Waals surface area contributed by atoms with Gasteiger partial charge in [-0.2, -0.15) is 0 Å². The van der Waals surface area contributed by atoms with Crippen LogP contribution in [0.5, 0.6) is 0 Å². The molecule has 0 aliphatic carbocycles. The van der Waals surface area contributed by atoms with E-state index in [1.807, 2.05) is 0 Å². The molecule has 0 atom stereocenters. The fourth-order valence-corrected chi connectivity index (χ4v) is 1.78. The summed E-state index contributed by atoms with van der Waals surface area (Å²) in [4.78, 5) is 20.7. The number of nitro groups is 1. The van der Waals surface area contributed by atoms with E-state index in [2.05, 4.69) is 0 Å². The Bertz CT molecular complexity index is 602. The van der Waals surface area contributed by atoms with Gasteiger partial charge in [0.15, 0.2) is 0 Å². The van der Waals surface area contributed by atoms with Gasteiger partial charge in [-0.1, -0.05) is 12.1 Å². The summed E-state index contributed by atoms with van der Waals surface area (Å²) in [6, 6.07) is 6.42. The third-order valence-corrected chi connectivity index (χ3v) is 2.58. The van der Waals surface area contributed by atoms with Crippen LogP contribution in [-0.2, 0) is 11.2 Å². The molecule has 0 aliphatic rings. The van der Waals surface area contributed by atoms with E-state index in [1.165, 1.54) is 6.07 Å². The molecule has 0 saturated heterocycles. The van der Waals surface area contributed by atoms with Crippen molar-refractivity contribution in [3.05, 3.63) is 40.1 Å². The van der Waals surface area contributed by atoms with E-state index in [0.717, 1.165) is 0 Å². The SMILES string of the molecule is O=C(O)CCCc1cc2cccc([N+](=O)[O-])c2o1. The summed E-state index contributed by atoms with van der Waals surface area (Å²) in [7, 11) is 0. The number of hydrogen-bond donors (Lipinski definition) is 1. The fourth-order valence-electron chi connectivity index (χ4n) is 1.78. The van der Waals surface area contributed by atoms with Gasteiger partial charge in [-0.15, -0.1) is 0 Å². The minimum Gasteiger partial charge on any atom is -0.481 e. The van der Waals surface area contributed by atoms with Crippen molar-refractivity contribution in [2.45, 2.75) is 19.3 Å². The molecule has 0 unspecified atom stereocenters. The normalized spacial score (nSPS) is 10.7. The van der Waals surface area contributed by atoms with Gasteiger partial charge in [0, 0.05) is 24.3 Å². The van der Waals surface area contributed by atoms with Crippen LogP contribution in [0.25, 0.3) is 11.0 Å². The molecule has 1 N–H and O–H groups in total. The molecular weight excluding hydrogens is 238 g/mol. The highest BCUT2D eigenvalue weighted by Gasteiger charge is 2.16. The van der Waals surface area contributed by atoms with Gasteiger partial charge in [0.25, 0.3) is 0 Å². The standard InChI is InChI=1S/C12H11NO5/c14-11(15)6-2-4-9-7-8-3-1-5-10(13(16)17)12(8)18-9/h1,3,5,7H,2,4,6H2,(H,14,15). The van der Waals surface area contributed by atoms with Crippen molar-refractivity contribution in [1.82, 2.24) is 0 Å². The number of benzene rings is 1. The van der Waals surface area contributed by atoms with Crippen molar-refractivity contribution < 1.29 is 19.2 Å². The summed E-state index contributed by atoms with van der Waals surface area (Å²) in [5.41, 5.74) is 0.171. The quantitative estimate of drug-likeness (QED) is 0.649. The van der Waals surface area contributed by atoms with Crippen molar-refractivity contribution in [2.24, 2.45) is 0 Å². The Kier molecular flexibility index (Phi) is 3.27. The van der Waals surface area contributed by atoms with Crippen molar-refractivity contribution in [3.8, 4) is 0 Å². The van der Waals surface area contributed by atoms with Crippen molar-refractivity contribution in [1.29, 1.82) is 0 Å². The Labute approximate surface area is 102 Å². The zero-order chi connectivity index (χ0) is 13.1. The number of furan rings is 1. The molecule has 2 aromatic rings. The van der Waals surface area contributed by atoms with Crippen LogP contribution in [0.4, 0.5) is 5.69 Å². The molecular formula is C12H11NO5. The molecule has 94 valence electrons. The topological polar surface area (TPSA) is 93.6 Å². The number of fused-ring (bicyclic) bond motifs is 1. The highest BCUT2D eigenvalue weighted by Crippen LogP contribution is 2.28. The molecule has 0 fully saturated rings. The molecule has 0 saturated carbocycles. The number of carboxylic acids is 1. The summed E-state index contributed by atoms with van der Waals surface area (Å²) in [6.07, 6.45) is 0.959. The summed E-state index contributed by atoms with van der Waals surface area (Å²) in [5, 5.41) is 20.0. The molecule has 1 aromatic heterocycles. The lowest BCUT2D eigenvalue weighted by Gasteiger charge is -1.93. The number of non-ortho nitro benzene ring substituents is 1. The number of nitro benzene ring substituents is 1. The minimum atomic E-state index is -0.864. The molecule has 0 spiro atoms. The van der Waals surface area contributed by atoms with E-state index >= 15 is 0 Å². The average molecular weight is 249 g/mol. The second-order valence-corrected chi connectivity index (χ2v) is 3.91. The van der Waals surface area contributed by atoms with Gasteiger partial charge in [-0.25, -0.2) is 0 Å². The second kappa shape index (κ2) is 4.87. The number of carboxylic acid groups (broad SMARTS) is 1. The maximum atomic E-state index is 10.8. The highest BCUT2D eigenvalue weighted by molar-refractivity contribution is 5.86. The van der Waals surface area contributed by atoms with Crippen LogP contribution in [0, 0.1) is 10.1 Å². The van der Waals surface area contributed by atoms with E-state index in [1.54, 1.807) is 18.2 Å². The number of carbonyl (C=O) groups is 1. The molecule has 0 bridgehead atoms. The van der Waals surface area contributed by atoms with E-state index in [-0.39, 0.29) is 17.7 Å². The van der Waals surface area contributed by atoms with Gasteiger partial charge in [0.05, 0.1) is 4.92 Å². The molecule has 0 aliphatic heterocycles. The lowest BCUT2D eigenvalue weighted by atomic mass is 10.2. The first-order chi connectivity index (χ1) is 8.58. The zero-order valence-corrected chi connectivity index (χ0v) is 9.46. The van der Waals surface area contributed by atoms with E-state index in [9.17, 15) is 14.9 Å². The maximum Gasteiger partial charge on any atom is 0.312 e. The van der Waals surface area contributed by atoms with E-state index < -0.39 is 10.9 Å². The van der Waals surface area contributed by atoms with Crippen molar-refractivity contribution in [2.75, 3.05) is 0 Å². The van der Waals surface area contributed by atoms with Gasteiger partial charge in [0.1, 0.15) is 5.76 Å². The summed E-state index contributed by atoms with van der Waals surface area (Å²) in [6.45, 7) is 0. The molecule has 6 nitrogen and oxygen atoms in total. The molecule has 1 heterocycles. The minimum absolute atomic E-state index is 0.0547. The van der Waals surface area contributed by atoms with Crippen LogP contribution in [-0.4, -0.2) is 16.0 Å². The Hall–Kier alpha value is -2.37. The average Bonchev–Trinajstić information content (AvgIpc) is 2.70. The third kappa shape index (κ3) is 2.48. The van der Waals surface area contributed by atoms with Crippen LogP contribution in [0.1, 0.15) is 18.6 Å². The smallest absolute Gasteiger partial charge is 0.312 e. The lowest BCUT2D eigenvalue weighted by molar-refractivity contribution is -0.383. The van der Waals surface area contributed by atoms with Gasteiger partial charge >= 0.3 is 11.7 Å².